The Kier molecular flexibility index (Phi) is 9.30. The van der Waals surface area contributed by atoms with Gasteiger partial charge < -0.3 is 4.89 Å². The van der Waals surface area contributed by atoms with Gasteiger partial charge in [0.2, 0.25) is 11.6 Å². The molecule has 0 heterocycles. The number of hydrogen-bond donors (Lipinski definition) is 1. The van der Waals surface area contributed by atoms with Crippen molar-refractivity contribution in [1.29, 1.82) is 0 Å². The second-order valence-corrected chi connectivity index (χ2v) is 9.39. The number of benzene rings is 2. The van der Waals surface area contributed by atoms with Crippen molar-refractivity contribution in [2.45, 2.75) is 9.79 Å². The highest BCUT2D eigenvalue weighted by molar-refractivity contribution is 8.76. The normalized spacial score (nSPS) is 11.6. The van der Waals surface area contributed by atoms with Crippen molar-refractivity contribution in [2.75, 3.05) is 0 Å². The van der Waals surface area contributed by atoms with Gasteiger partial charge in [0, 0.05) is 0 Å². The Morgan fingerprint density at radius 3 is 0.967 bits per heavy atom. The van der Waals surface area contributed by atoms with Crippen LogP contribution in [0, 0.1) is 58.2 Å². The summed E-state index contributed by atoms with van der Waals surface area (Å²) < 4.78 is 140. The predicted octanol–water partition coefficient (Wildman–Crippen LogP) is 7.34. The molecule has 0 aliphatic carbocycles. The molecule has 0 saturated carbocycles. The summed E-state index contributed by atoms with van der Waals surface area (Å²) in [6.45, 7) is 0. The molecular formula is C12HF10O3PS4. The van der Waals surface area contributed by atoms with E-state index in [0.29, 0.717) is 0 Å². The van der Waals surface area contributed by atoms with E-state index < -0.39 is 76.6 Å². The van der Waals surface area contributed by atoms with Crippen molar-refractivity contribution in [3.05, 3.63) is 58.2 Å². The van der Waals surface area contributed by atoms with Gasteiger partial charge in [0.05, 0.1) is 31.9 Å². The Balaban J connectivity index is 1.92. The van der Waals surface area contributed by atoms with Gasteiger partial charge in [-0.05, 0) is 21.6 Å². The first-order valence-electron chi connectivity index (χ1n) is 6.53. The molecule has 0 radical (unpaired) electrons. The average molecular weight is 542 g/mol. The molecule has 2 aromatic rings. The summed E-state index contributed by atoms with van der Waals surface area (Å²) in [5.74, 6) is -22.3. The molecule has 3 nitrogen and oxygen atoms in total. The largest absolute Gasteiger partial charge is 0.355 e. The van der Waals surface area contributed by atoms with E-state index in [-0.39, 0.29) is 43.7 Å². The summed E-state index contributed by atoms with van der Waals surface area (Å²) in [6.07, 6.45) is 0. The second kappa shape index (κ2) is 10.8. The van der Waals surface area contributed by atoms with E-state index in [1.54, 1.807) is 0 Å². The molecule has 2 aromatic carbocycles. The fourth-order valence-corrected chi connectivity index (χ4v) is 6.02. The van der Waals surface area contributed by atoms with Crippen LogP contribution in [0.25, 0.3) is 0 Å². The summed E-state index contributed by atoms with van der Waals surface area (Å²) in [5, 5.41) is 0. The first-order chi connectivity index (χ1) is 14.0. The number of rotatable bonds is 8. The van der Waals surface area contributed by atoms with Gasteiger partial charge in [-0.25, -0.2) is 51.8 Å². The van der Waals surface area contributed by atoms with Crippen molar-refractivity contribution in [3.8, 4) is 0 Å². The fraction of sp³-hybridized carbons (Fsp3) is 0. The Labute approximate surface area is 177 Å². The molecule has 0 aliphatic rings. The van der Waals surface area contributed by atoms with Gasteiger partial charge in [-0.1, -0.05) is 0 Å². The smallest absolute Gasteiger partial charge is 0.327 e. The highest BCUT2D eigenvalue weighted by Gasteiger charge is 2.28. The molecule has 0 saturated heterocycles. The molecular weight excluding hydrogens is 541 g/mol. The molecule has 0 aromatic heterocycles. The van der Waals surface area contributed by atoms with Crippen LogP contribution in [0.4, 0.5) is 43.9 Å². The minimum Gasteiger partial charge on any atom is -0.327 e. The summed E-state index contributed by atoms with van der Waals surface area (Å²) in [7, 11) is -3.23. The fourth-order valence-electron chi connectivity index (χ4n) is 1.48. The third kappa shape index (κ3) is 5.43. The van der Waals surface area contributed by atoms with Gasteiger partial charge in [-0.15, -0.1) is 0 Å². The van der Waals surface area contributed by atoms with E-state index in [2.05, 4.69) is 7.94 Å². The van der Waals surface area contributed by atoms with Gasteiger partial charge in [0.15, 0.2) is 46.5 Å². The molecule has 18 heteroatoms. The summed E-state index contributed by atoms with van der Waals surface area (Å²) in [4.78, 5) is 6.66. The zero-order chi connectivity index (χ0) is 22.7. The molecule has 1 N–H and O–H groups in total. The molecule has 0 spiro atoms. The first kappa shape index (κ1) is 25.7. The van der Waals surface area contributed by atoms with Crippen LogP contribution in [-0.2, 0) is 7.94 Å². The highest BCUT2D eigenvalue weighted by Crippen LogP contribution is 2.52. The van der Waals surface area contributed by atoms with Gasteiger partial charge in [0.1, 0.15) is 0 Å². The molecule has 0 atom stereocenters. The third-order valence-electron chi connectivity index (χ3n) is 2.76. The molecule has 0 bridgehead atoms. The molecule has 2 rings (SSSR count). The minimum absolute atomic E-state index is 0.0802. The first-order valence-corrected chi connectivity index (χ1v) is 11.8. The zero-order valence-electron chi connectivity index (χ0n) is 13.1. The average Bonchev–Trinajstić information content (AvgIpc) is 2.72. The molecule has 0 fully saturated rings. The second-order valence-electron chi connectivity index (χ2n) is 4.49. The van der Waals surface area contributed by atoms with Gasteiger partial charge in [0.25, 0.3) is 0 Å². The summed E-state index contributed by atoms with van der Waals surface area (Å²) in [5.41, 5.74) is 0. The molecule has 166 valence electrons. The van der Waals surface area contributed by atoms with E-state index in [9.17, 15) is 48.8 Å². The SMILES string of the molecule is OP(OSSc1c(F)c(F)c(F)c(F)c1F)OSSc1c(F)c(F)c(F)c(F)c1F. The van der Waals surface area contributed by atoms with E-state index in [1.165, 1.54) is 0 Å². The van der Waals surface area contributed by atoms with Crippen molar-refractivity contribution >= 4 is 52.3 Å². The predicted molar refractivity (Wildman–Crippen MR) is 90.7 cm³/mol. The maximum Gasteiger partial charge on any atom is 0.355 e. The topological polar surface area (TPSA) is 38.7 Å². The van der Waals surface area contributed by atoms with Crippen LogP contribution in [-0.4, -0.2) is 4.89 Å². The van der Waals surface area contributed by atoms with Crippen molar-refractivity contribution in [1.82, 2.24) is 0 Å². The lowest BCUT2D eigenvalue weighted by atomic mass is 10.3. The van der Waals surface area contributed by atoms with Gasteiger partial charge >= 0.3 is 8.60 Å². The van der Waals surface area contributed by atoms with E-state index in [0.717, 1.165) is 0 Å². The maximum atomic E-state index is 13.4. The van der Waals surface area contributed by atoms with Crippen LogP contribution in [0.3, 0.4) is 0 Å². The lowest BCUT2D eigenvalue weighted by molar-refractivity contribution is 0.361. The Morgan fingerprint density at radius 1 is 0.467 bits per heavy atom. The van der Waals surface area contributed by atoms with Crippen LogP contribution in [0.2, 0.25) is 0 Å². The zero-order valence-corrected chi connectivity index (χ0v) is 17.3. The Bertz CT molecular complexity index is 835. The van der Waals surface area contributed by atoms with E-state index in [1.807, 2.05) is 0 Å². The summed E-state index contributed by atoms with van der Waals surface area (Å²) in [6, 6.07) is 0. The third-order valence-corrected chi connectivity index (χ3v) is 7.96. The van der Waals surface area contributed by atoms with Crippen LogP contribution >= 0.6 is 52.3 Å². The number of hydrogen-bond acceptors (Lipinski definition) is 7. The molecule has 0 amide bonds. The van der Waals surface area contributed by atoms with Crippen LogP contribution in [0.5, 0.6) is 0 Å². The van der Waals surface area contributed by atoms with E-state index >= 15 is 0 Å². The summed E-state index contributed by atoms with van der Waals surface area (Å²) >= 11 is -0.160. The standard InChI is InChI=1S/C12HF10O3PS4/c13-1-3(15)7(19)11(8(20)4(1)16)27-29-24-26(23)25-30-28-12-9(21)5(17)2(14)6(18)10(12)22/h23H. The molecule has 0 aliphatic heterocycles. The Morgan fingerprint density at radius 2 is 0.700 bits per heavy atom. The van der Waals surface area contributed by atoms with Gasteiger partial charge in [-0.2, -0.15) is 0 Å². The van der Waals surface area contributed by atoms with Crippen LogP contribution in [0.1, 0.15) is 0 Å². The van der Waals surface area contributed by atoms with Crippen molar-refractivity contribution in [2.24, 2.45) is 0 Å². The number of halogens is 10. The van der Waals surface area contributed by atoms with Crippen LogP contribution in [0.15, 0.2) is 9.79 Å². The minimum atomic E-state index is -2.98. The lowest BCUT2D eigenvalue weighted by Crippen LogP contribution is -2.02. The molecule has 30 heavy (non-hydrogen) atoms. The monoisotopic (exact) mass is 542 g/mol. The van der Waals surface area contributed by atoms with Crippen LogP contribution < -0.4 is 0 Å². The van der Waals surface area contributed by atoms with Gasteiger partial charge in [-0.3, -0.25) is 0 Å². The highest BCUT2D eigenvalue weighted by atomic mass is 33.1. The van der Waals surface area contributed by atoms with E-state index in [4.69, 9.17) is 0 Å². The van der Waals surface area contributed by atoms with Crippen molar-refractivity contribution in [3.63, 3.8) is 0 Å². The quantitative estimate of drug-likeness (QED) is 0.0935. The maximum absolute atomic E-state index is 13.4. The Hall–Kier alpha value is -0.550. The molecule has 0 unspecified atom stereocenters. The lowest BCUT2D eigenvalue weighted by Gasteiger charge is -2.10. The van der Waals surface area contributed by atoms with Crippen molar-refractivity contribution < 1.29 is 56.7 Å².